The van der Waals surface area contributed by atoms with Crippen LogP contribution in [0.2, 0.25) is 0 Å². The lowest BCUT2D eigenvalue weighted by atomic mass is 9.72. The zero-order valence-corrected chi connectivity index (χ0v) is 17.6. The Morgan fingerprint density at radius 1 is 1.27 bits per heavy atom. The highest BCUT2D eigenvalue weighted by molar-refractivity contribution is 9.10. The molecule has 0 spiro atoms. The summed E-state index contributed by atoms with van der Waals surface area (Å²) in [4.78, 5) is 14.2. The molecule has 2 aliphatic rings. The SMILES string of the molecule is CC(C)(C)[C@@H]1CCc2c(sc3c2C(=O)N[C@@H](c2cc(O)ccc2Br)N3)C1. The van der Waals surface area contributed by atoms with Crippen molar-refractivity contribution in [1.29, 1.82) is 0 Å². The van der Waals surface area contributed by atoms with Gasteiger partial charge in [-0.2, -0.15) is 0 Å². The van der Waals surface area contributed by atoms with E-state index in [-0.39, 0.29) is 23.2 Å². The minimum Gasteiger partial charge on any atom is -0.508 e. The van der Waals surface area contributed by atoms with Crippen LogP contribution in [-0.4, -0.2) is 11.0 Å². The van der Waals surface area contributed by atoms with Crippen LogP contribution in [0.5, 0.6) is 5.75 Å². The van der Waals surface area contributed by atoms with Crippen molar-refractivity contribution in [2.24, 2.45) is 11.3 Å². The van der Waals surface area contributed by atoms with Crippen LogP contribution < -0.4 is 10.6 Å². The maximum absolute atomic E-state index is 12.9. The fourth-order valence-corrected chi connectivity index (χ4v) is 5.77. The first-order valence-electron chi connectivity index (χ1n) is 8.94. The highest BCUT2D eigenvalue weighted by Crippen LogP contribution is 2.46. The van der Waals surface area contributed by atoms with Crippen molar-refractivity contribution < 1.29 is 9.90 Å². The summed E-state index contributed by atoms with van der Waals surface area (Å²) < 4.78 is 0.852. The third kappa shape index (κ3) is 3.03. The van der Waals surface area contributed by atoms with E-state index in [1.54, 1.807) is 29.5 Å². The summed E-state index contributed by atoms with van der Waals surface area (Å²) in [7, 11) is 0. The molecule has 0 unspecified atom stereocenters. The summed E-state index contributed by atoms with van der Waals surface area (Å²) in [6.45, 7) is 6.91. The van der Waals surface area contributed by atoms with Crippen LogP contribution in [0, 0.1) is 11.3 Å². The largest absolute Gasteiger partial charge is 0.508 e. The third-order valence-corrected chi connectivity index (χ3v) is 7.47. The summed E-state index contributed by atoms with van der Waals surface area (Å²) in [6.07, 6.45) is 2.80. The van der Waals surface area contributed by atoms with Gasteiger partial charge in [0.1, 0.15) is 16.9 Å². The van der Waals surface area contributed by atoms with Crippen molar-refractivity contribution >= 4 is 38.2 Å². The molecule has 0 saturated heterocycles. The molecular weight excluding hydrogens is 412 g/mol. The maximum Gasteiger partial charge on any atom is 0.256 e. The first-order chi connectivity index (χ1) is 12.2. The third-order valence-electron chi connectivity index (χ3n) is 5.56. The van der Waals surface area contributed by atoms with Gasteiger partial charge in [-0.3, -0.25) is 4.79 Å². The lowest BCUT2D eigenvalue weighted by molar-refractivity contribution is 0.0934. The molecule has 4 nitrogen and oxygen atoms in total. The summed E-state index contributed by atoms with van der Waals surface area (Å²) in [6, 6.07) is 5.09. The summed E-state index contributed by atoms with van der Waals surface area (Å²) in [5.41, 5.74) is 3.16. The minimum atomic E-state index is -0.352. The number of fused-ring (bicyclic) bond motifs is 3. The monoisotopic (exact) mass is 434 g/mol. The van der Waals surface area contributed by atoms with Crippen LogP contribution >= 0.6 is 27.3 Å². The van der Waals surface area contributed by atoms with Gasteiger partial charge in [0.05, 0.1) is 5.56 Å². The molecule has 0 fully saturated rings. The van der Waals surface area contributed by atoms with Gasteiger partial charge in [-0.1, -0.05) is 36.7 Å². The summed E-state index contributed by atoms with van der Waals surface area (Å²) in [5, 5.41) is 17.3. The molecule has 1 aliphatic heterocycles. The molecule has 26 heavy (non-hydrogen) atoms. The number of nitrogens with one attached hydrogen (secondary N) is 2. The molecular formula is C20H23BrN2O2S. The average molecular weight is 435 g/mol. The molecule has 1 amide bonds. The molecule has 0 saturated carbocycles. The first kappa shape index (κ1) is 17.9. The van der Waals surface area contributed by atoms with Crippen molar-refractivity contribution in [3.8, 4) is 5.75 Å². The van der Waals surface area contributed by atoms with Gasteiger partial charge in [-0.25, -0.2) is 0 Å². The van der Waals surface area contributed by atoms with Crippen LogP contribution in [0.3, 0.4) is 0 Å². The molecule has 0 bridgehead atoms. The molecule has 2 heterocycles. The Bertz CT molecular complexity index is 885. The Hall–Kier alpha value is -1.53. The predicted octanol–water partition coefficient (Wildman–Crippen LogP) is 5.22. The second-order valence-electron chi connectivity index (χ2n) is 8.27. The van der Waals surface area contributed by atoms with Gasteiger partial charge in [0.25, 0.3) is 5.91 Å². The number of anilines is 1. The Morgan fingerprint density at radius 3 is 2.77 bits per heavy atom. The molecule has 2 atom stereocenters. The number of carbonyl (C=O) groups is 1. The highest BCUT2D eigenvalue weighted by Gasteiger charge is 2.36. The minimum absolute atomic E-state index is 0.0225. The van der Waals surface area contributed by atoms with E-state index in [1.807, 2.05) is 0 Å². The van der Waals surface area contributed by atoms with Gasteiger partial charge in [0.2, 0.25) is 0 Å². The Kier molecular flexibility index (Phi) is 4.31. The van der Waals surface area contributed by atoms with Gasteiger partial charge in [0, 0.05) is 14.9 Å². The smallest absolute Gasteiger partial charge is 0.256 e. The topological polar surface area (TPSA) is 61.4 Å². The van der Waals surface area contributed by atoms with Gasteiger partial charge >= 0.3 is 0 Å². The number of hydrogen-bond donors (Lipinski definition) is 3. The van der Waals surface area contributed by atoms with E-state index in [2.05, 4.69) is 47.3 Å². The van der Waals surface area contributed by atoms with E-state index < -0.39 is 0 Å². The van der Waals surface area contributed by atoms with Crippen LogP contribution in [-0.2, 0) is 12.8 Å². The Labute approximate surface area is 166 Å². The lowest BCUT2D eigenvalue weighted by Gasteiger charge is -2.34. The fraction of sp³-hybridized carbons (Fsp3) is 0.450. The second kappa shape index (κ2) is 6.27. The van der Waals surface area contributed by atoms with E-state index in [0.717, 1.165) is 39.9 Å². The first-order valence-corrected chi connectivity index (χ1v) is 10.6. The van der Waals surface area contributed by atoms with E-state index >= 15 is 0 Å². The number of thiophene rings is 1. The molecule has 1 aromatic heterocycles. The lowest BCUT2D eigenvalue weighted by Crippen LogP contribution is -2.38. The van der Waals surface area contributed by atoms with Gasteiger partial charge in [0.15, 0.2) is 0 Å². The van der Waals surface area contributed by atoms with Crippen molar-refractivity contribution in [2.75, 3.05) is 5.32 Å². The van der Waals surface area contributed by atoms with Crippen LogP contribution in [0.25, 0.3) is 0 Å². The normalized spacial score (nSPS) is 22.2. The number of hydrogen-bond acceptors (Lipinski definition) is 4. The van der Waals surface area contributed by atoms with Crippen LogP contribution in [0.4, 0.5) is 5.00 Å². The molecule has 0 radical (unpaired) electrons. The molecule has 138 valence electrons. The zero-order chi connectivity index (χ0) is 18.6. The predicted molar refractivity (Wildman–Crippen MR) is 109 cm³/mol. The van der Waals surface area contributed by atoms with Gasteiger partial charge in [-0.05, 0) is 54.4 Å². The van der Waals surface area contributed by atoms with E-state index in [1.165, 1.54) is 10.4 Å². The van der Waals surface area contributed by atoms with Crippen molar-refractivity contribution in [2.45, 2.75) is 46.2 Å². The number of phenolic OH excluding ortho intramolecular Hbond substituents is 1. The van der Waals surface area contributed by atoms with Crippen LogP contribution in [0.15, 0.2) is 22.7 Å². The highest BCUT2D eigenvalue weighted by atomic mass is 79.9. The quantitative estimate of drug-likeness (QED) is 0.576. The van der Waals surface area contributed by atoms with Gasteiger partial charge in [-0.15, -0.1) is 11.3 Å². The molecule has 3 N–H and O–H groups in total. The molecule has 6 heteroatoms. The Balaban J connectivity index is 1.68. The van der Waals surface area contributed by atoms with Gasteiger partial charge < -0.3 is 15.7 Å². The number of rotatable bonds is 1. The molecule has 2 aromatic rings. The average Bonchev–Trinajstić information content (AvgIpc) is 2.94. The molecule has 1 aromatic carbocycles. The number of phenols is 1. The standard InChI is InChI=1S/C20H23BrN2O2S/c1-20(2,3)10-4-6-12-15(8-10)26-19-16(12)18(25)22-17(23-19)13-9-11(24)5-7-14(13)21/h5,7,9-10,17,23-24H,4,6,8H2,1-3H3,(H,22,25)/t10-,17-/m1/s1. The number of benzene rings is 1. The van der Waals surface area contributed by atoms with E-state index in [9.17, 15) is 9.90 Å². The Morgan fingerprint density at radius 2 is 2.04 bits per heavy atom. The number of halogens is 1. The second-order valence-corrected chi connectivity index (χ2v) is 10.2. The van der Waals surface area contributed by atoms with Crippen LogP contribution in [0.1, 0.15) is 59.7 Å². The summed E-state index contributed by atoms with van der Waals surface area (Å²) >= 11 is 5.23. The molecule has 4 rings (SSSR count). The fourth-order valence-electron chi connectivity index (χ4n) is 3.95. The van der Waals surface area contributed by atoms with Crippen molar-refractivity contribution in [3.63, 3.8) is 0 Å². The van der Waals surface area contributed by atoms with E-state index in [0.29, 0.717) is 5.92 Å². The van der Waals surface area contributed by atoms with Crippen molar-refractivity contribution in [3.05, 3.63) is 44.2 Å². The van der Waals surface area contributed by atoms with E-state index in [4.69, 9.17) is 0 Å². The maximum atomic E-state index is 12.9. The number of aromatic hydroxyl groups is 1. The summed E-state index contributed by atoms with van der Waals surface area (Å²) in [5.74, 6) is 0.809. The van der Waals surface area contributed by atoms with Crippen molar-refractivity contribution in [1.82, 2.24) is 5.32 Å². The molecule has 1 aliphatic carbocycles. The number of carbonyl (C=O) groups excluding carboxylic acids is 1. The zero-order valence-electron chi connectivity index (χ0n) is 15.1. The number of amides is 1.